The summed E-state index contributed by atoms with van der Waals surface area (Å²) >= 11 is 0. The summed E-state index contributed by atoms with van der Waals surface area (Å²) in [5.41, 5.74) is 4.40. The first-order chi connectivity index (χ1) is 9.22. The average Bonchev–Trinajstić information content (AvgIpc) is 2.43. The molecule has 19 heavy (non-hydrogen) atoms. The molecule has 106 valence electrons. The lowest BCUT2D eigenvalue weighted by Crippen LogP contribution is -2.46. The Hall–Kier alpha value is -0.860. The van der Waals surface area contributed by atoms with E-state index < -0.39 is 0 Å². The number of hydrogen-bond donors (Lipinski definition) is 1. The molecule has 0 saturated carbocycles. The van der Waals surface area contributed by atoms with E-state index in [-0.39, 0.29) is 0 Å². The molecule has 0 aliphatic carbocycles. The molecule has 2 rings (SSSR count). The highest BCUT2D eigenvalue weighted by Crippen LogP contribution is 2.19. The van der Waals surface area contributed by atoms with E-state index in [1.165, 1.54) is 49.0 Å². The van der Waals surface area contributed by atoms with Crippen molar-refractivity contribution in [3.8, 4) is 0 Å². The van der Waals surface area contributed by atoms with Gasteiger partial charge in [-0.3, -0.25) is 4.90 Å². The quantitative estimate of drug-likeness (QED) is 0.874. The van der Waals surface area contributed by atoms with Crippen LogP contribution in [0.2, 0.25) is 0 Å². The number of piperidine rings is 1. The van der Waals surface area contributed by atoms with E-state index >= 15 is 0 Å². The topological polar surface area (TPSA) is 15.3 Å². The zero-order chi connectivity index (χ0) is 13.7. The maximum Gasteiger partial charge on any atom is 0.0242 e. The van der Waals surface area contributed by atoms with Gasteiger partial charge in [-0.15, -0.1) is 0 Å². The molecule has 0 amide bonds. The van der Waals surface area contributed by atoms with Crippen molar-refractivity contribution in [2.24, 2.45) is 0 Å². The number of nitrogens with one attached hydrogen (secondary N) is 1. The second-order valence-corrected chi connectivity index (χ2v) is 5.84. The summed E-state index contributed by atoms with van der Waals surface area (Å²) in [7, 11) is 0. The van der Waals surface area contributed by atoms with Gasteiger partial charge in [0, 0.05) is 19.1 Å². The second kappa shape index (κ2) is 7.06. The van der Waals surface area contributed by atoms with E-state index in [2.05, 4.69) is 49.2 Å². The highest BCUT2D eigenvalue weighted by molar-refractivity contribution is 5.33. The zero-order valence-electron chi connectivity index (χ0n) is 12.7. The molecule has 1 saturated heterocycles. The molecule has 0 spiro atoms. The summed E-state index contributed by atoms with van der Waals surface area (Å²) < 4.78 is 0. The van der Waals surface area contributed by atoms with E-state index in [0.29, 0.717) is 6.04 Å². The minimum Gasteiger partial charge on any atom is -0.315 e. The lowest BCUT2D eigenvalue weighted by Gasteiger charge is -2.35. The first-order valence-corrected chi connectivity index (χ1v) is 7.72. The predicted octanol–water partition coefficient (Wildman–Crippen LogP) is 3.27. The molecule has 1 aliphatic heterocycles. The van der Waals surface area contributed by atoms with Gasteiger partial charge in [-0.1, -0.05) is 25.1 Å². The minimum atomic E-state index is 0.715. The van der Waals surface area contributed by atoms with Gasteiger partial charge < -0.3 is 5.32 Å². The van der Waals surface area contributed by atoms with Gasteiger partial charge in [0.2, 0.25) is 0 Å². The van der Waals surface area contributed by atoms with Crippen LogP contribution >= 0.6 is 0 Å². The first-order valence-electron chi connectivity index (χ1n) is 7.72. The van der Waals surface area contributed by atoms with Crippen molar-refractivity contribution in [1.29, 1.82) is 0 Å². The third-order valence-electron chi connectivity index (χ3n) is 4.30. The Labute approximate surface area is 118 Å². The van der Waals surface area contributed by atoms with Crippen molar-refractivity contribution in [3.63, 3.8) is 0 Å². The Morgan fingerprint density at radius 1 is 1.26 bits per heavy atom. The summed E-state index contributed by atoms with van der Waals surface area (Å²) in [5, 5.41) is 3.55. The Morgan fingerprint density at radius 3 is 2.58 bits per heavy atom. The van der Waals surface area contributed by atoms with Crippen molar-refractivity contribution in [1.82, 2.24) is 10.2 Å². The van der Waals surface area contributed by atoms with Crippen LogP contribution < -0.4 is 5.32 Å². The standard InChI is InChI=1S/C17H28N2/c1-4-11-19(16-9-6-10-18-12-16)13-17-14(2)7-5-8-15(17)3/h5,7-8,16,18H,4,6,9-13H2,1-3H3. The van der Waals surface area contributed by atoms with E-state index in [4.69, 9.17) is 0 Å². The van der Waals surface area contributed by atoms with Crippen LogP contribution in [0.15, 0.2) is 18.2 Å². The van der Waals surface area contributed by atoms with Crippen molar-refractivity contribution < 1.29 is 0 Å². The molecule has 2 nitrogen and oxygen atoms in total. The summed E-state index contributed by atoms with van der Waals surface area (Å²) in [6, 6.07) is 7.37. The minimum absolute atomic E-state index is 0.715. The molecule has 0 bridgehead atoms. The number of nitrogens with zero attached hydrogens (tertiary/aromatic N) is 1. The van der Waals surface area contributed by atoms with Crippen LogP contribution in [0.5, 0.6) is 0 Å². The molecule has 1 fully saturated rings. The molecular weight excluding hydrogens is 232 g/mol. The van der Waals surface area contributed by atoms with Gasteiger partial charge in [-0.05, 0) is 62.9 Å². The van der Waals surface area contributed by atoms with Gasteiger partial charge in [0.25, 0.3) is 0 Å². The molecule has 2 heteroatoms. The van der Waals surface area contributed by atoms with E-state index in [0.717, 1.165) is 13.1 Å². The first kappa shape index (κ1) is 14.5. The van der Waals surface area contributed by atoms with E-state index in [1.54, 1.807) is 0 Å². The normalized spacial score (nSPS) is 19.9. The number of benzene rings is 1. The third-order valence-corrected chi connectivity index (χ3v) is 4.30. The number of rotatable bonds is 5. The van der Waals surface area contributed by atoms with Gasteiger partial charge in [0.15, 0.2) is 0 Å². The Morgan fingerprint density at radius 2 is 2.00 bits per heavy atom. The molecule has 1 N–H and O–H groups in total. The van der Waals surface area contributed by atoms with Crippen LogP contribution in [0, 0.1) is 13.8 Å². The molecule has 1 aliphatic rings. The van der Waals surface area contributed by atoms with Crippen LogP contribution in [0.1, 0.15) is 42.9 Å². The average molecular weight is 260 g/mol. The fourth-order valence-corrected chi connectivity index (χ4v) is 3.12. The molecule has 1 unspecified atom stereocenters. The third kappa shape index (κ3) is 3.80. The van der Waals surface area contributed by atoms with Crippen molar-refractivity contribution >= 4 is 0 Å². The van der Waals surface area contributed by atoms with E-state index in [9.17, 15) is 0 Å². The predicted molar refractivity (Wildman–Crippen MR) is 82.5 cm³/mol. The van der Waals surface area contributed by atoms with E-state index in [1.807, 2.05) is 0 Å². The van der Waals surface area contributed by atoms with Gasteiger partial charge in [-0.2, -0.15) is 0 Å². The maximum atomic E-state index is 3.55. The highest BCUT2D eigenvalue weighted by atomic mass is 15.2. The second-order valence-electron chi connectivity index (χ2n) is 5.84. The van der Waals surface area contributed by atoms with Gasteiger partial charge in [0.05, 0.1) is 0 Å². The Balaban J connectivity index is 2.11. The molecule has 1 heterocycles. The molecular formula is C17H28N2. The van der Waals surface area contributed by atoms with Gasteiger partial charge in [0.1, 0.15) is 0 Å². The van der Waals surface area contributed by atoms with Gasteiger partial charge in [-0.25, -0.2) is 0 Å². The van der Waals surface area contributed by atoms with Crippen LogP contribution in [-0.2, 0) is 6.54 Å². The van der Waals surface area contributed by atoms with Crippen molar-refractivity contribution in [2.75, 3.05) is 19.6 Å². The molecule has 0 aromatic heterocycles. The fourth-order valence-electron chi connectivity index (χ4n) is 3.12. The Bertz CT molecular complexity index is 374. The van der Waals surface area contributed by atoms with Crippen molar-refractivity contribution in [2.45, 2.75) is 52.6 Å². The number of hydrogen-bond acceptors (Lipinski definition) is 2. The summed E-state index contributed by atoms with van der Waals surface area (Å²) in [6.45, 7) is 11.4. The SMILES string of the molecule is CCCN(Cc1c(C)cccc1C)C1CCCNC1. The largest absolute Gasteiger partial charge is 0.315 e. The Kier molecular flexibility index (Phi) is 5.41. The van der Waals surface area contributed by atoms with Crippen LogP contribution in [-0.4, -0.2) is 30.6 Å². The van der Waals surface area contributed by atoms with Crippen LogP contribution in [0.4, 0.5) is 0 Å². The highest BCUT2D eigenvalue weighted by Gasteiger charge is 2.21. The molecule has 1 aromatic rings. The monoisotopic (exact) mass is 260 g/mol. The zero-order valence-corrected chi connectivity index (χ0v) is 12.7. The summed E-state index contributed by atoms with van der Waals surface area (Å²) in [6.07, 6.45) is 3.90. The summed E-state index contributed by atoms with van der Waals surface area (Å²) in [5.74, 6) is 0. The van der Waals surface area contributed by atoms with Crippen LogP contribution in [0.25, 0.3) is 0 Å². The molecule has 1 atom stereocenters. The fraction of sp³-hybridized carbons (Fsp3) is 0.647. The lowest BCUT2D eigenvalue weighted by atomic mass is 10.00. The maximum absolute atomic E-state index is 3.55. The summed E-state index contributed by atoms with van der Waals surface area (Å²) in [4.78, 5) is 2.68. The van der Waals surface area contributed by atoms with Crippen LogP contribution in [0.3, 0.4) is 0 Å². The molecule has 1 aromatic carbocycles. The smallest absolute Gasteiger partial charge is 0.0242 e. The number of aryl methyl sites for hydroxylation is 2. The van der Waals surface area contributed by atoms with Gasteiger partial charge >= 0.3 is 0 Å². The molecule has 0 radical (unpaired) electrons. The van der Waals surface area contributed by atoms with Crippen molar-refractivity contribution in [3.05, 3.63) is 34.9 Å². The lowest BCUT2D eigenvalue weighted by molar-refractivity contribution is 0.157.